The summed E-state index contributed by atoms with van der Waals surface area (Å²) in [5, 5.41) is 4.96. The van der Waals surface area contributed by atoms with Gasteiger partial charge >= 0.3 is 10.1 Å². The number of anilines is 2. The molecule has 5 heteroatoms. The molecule has 106 valence electrons. The molecule has 0 bridgehead atoms. The molecule has 0 unspecified atom stereocenters. The number of hydrogen-bond acceptors (Lipinski definition) is 3. The first kappa shape index (κ1) is 13.6. The Morgan fingerprint density at radius 1 is 0.857 bits per heavy atom. The lowest BCUT2D eigenvalue weighted by Gasteiger charge is -2.10. The Morgan fingerprint density at radius 2 is 1.62 bits per heavy atom. The molecule has 0 aliphatic heterocycles. The van der Waals surface area contributed by atoms with Gasteiger partial charge in [-0.15, -0.1) is 8.42 Å². The second-order valence-electron chi connectivity index (χ2n) is 4.68. The second kappa shape index (κ2) is 5.20. The zero-order chi connectivity index (χ0) is 14.9. The summed E-state index contributed by atoms with van der Waals surface area (Å²) < 4.78 is 30.0. The number of para-hydroxylation sites is 1. The third kappa shape index (κ3) is 2.89. The van der Waals surface area contributed by atoms with Crippen LogP contribution in [0.2, 0.25) is 0 Å². The fourth-order valence-corrected chi connectivity index (χ4v) is 2.73. The molecule has 0 saturated carbocycles. The van der Waals surface area contributed by atoms with E-state index in [1.165, 1.54) is 12.1 Å². The Balaban J connectivity index is 2.14. The largest absolute Gasteiger partial charge is 0.409 e. The molecule has 0 amide bonds. The Labute approximate surface area is 122 Å². The molecular weight excluding hydrogens is 286 g/mol. The highest BCUT2D eigenvalue weighted by atomic mass is 32.2. The van der Waals surface area contributed by atoms with E-state index in [0.717, 1.165) is 22.1 Å². The van der Waals surface area contributed by atoms with E-state index < -0.39 is 10.1 Å². The number of hydrogen-bond donors (Lipinski definition) is 1. The minimum Gasteiger partial charge on any atom is -0.355 e. The second-order valence-corrected chi connectivity index (χ2v) is 6.16. The van der Waals surface area contributed by atoms with Crippen molar-refractivity contribution < 1.29 is 13.0 Å². The van der Waals surface area contributed by atoms with Gasteiger partial charge in [0.15, 0.2) is 0 Å². The molecule has 0 fully saturated rings. The summed E-state index contributed by atoms with van der Waals surface area (Å²) in [7, 11) is -3.96. The van der Waals surface area contributed by atoms with Crippen LogP contribution in [0.25, 0.3) is 10.8 Å². The van der Waals surface area contributed by atoms with Crippen LogP contribution < -0.4 is 5.32 Å². The molecule has 3 aromatic rings. The van der Waals surface area contributed by atoms with Crippen LogP contribution in [-0.4, -0.2) is 13.0 Å². The van der Waals surface area contributed by atoms with Crippen LogP contribution in [-0.2, 0) is 10.1 Å². The van der Waals surface area contributed by atoms with Gasteiger partial charge in [0, 0.05) is 16.8 Å². The molecular formula is C16H14NO3S+. The highest BCUT2D eigenvalue weighted by Gasteiger charge is 2.15. The molecule has 0 aromatic heterocycles. The third-order valence-corrected chi connectivity index (χ3v) is 4.09. The van der Waals surface area contributed by atoms with E-state index in [9.17, 15) is 8.42 Å². The number of benzene rings is 3. The number of fused-ring (bicyclic) bond motifs is 1. The summed E-state index contributed by atoms with van der Waals surface area (Å²) in [5.41, 5.74) is 1.73. The molecule has 0 saturated heterocycles. The normalized spacial score (nSPS) is 11.5. The molecule has 21 heavy (non-hydrogen) atoms. The molecule has 3 aromatic carbocycles. The first-order valence-electron chi connectivity index (χ1n) is 6.38. The van der Waals surface area contributed by atoms with E-state index in [2.05, 4.69) is 5.32 Å². The van der Waals surface area contributed by atoms with Crippen molar-refractivity contribution >= 4 is 32.3 Å². The lowest BCUT2D eigenvalue weighted by Crippen LogP contribution is -1.98. The average molecular weight is 300 g/mol. The molecule has 3 N–H and O–H groups in total. The molecule has 4 nitrogen and oxygen atoms in total. The van der Waals surface area contributed by atoms with Gasteiger partial charge in [-0.2, -0.15) is 0 Å². The minimum absolute atomic E-state index is 0.00249. The zero-order valence-electron chi connectivity index (χ0n) is 11.1. The van der Waals surface area contributed by atoms with Crippen LogP contribution in [0.15, 0.2) is 71.6 Å². The van der Waals surface area contributed by atoms with Crippen LogP contribution in [0.5, 0.6) is 0 Å². The maximum atomic E-state index is 11.4. The van der Waals surface area contributed by atoms with Crippen molar-refractivity contribution in [1.29, 1.82) is 0 Å². The van der Waals surface area contributed by atoms with Crippen molar-refractivity contribution in [3.63, 3.8) is 0 Å². The van der Waals surface area contributed by atoms with Crippen LogP contribution in [0.3, 0.4) is 0 Å². The van der Waals surface area contributed by atoms with Gasteiger partial charge in [0.2, 0.25) is 0 Å². The zero-order valence-corrected chi connectivity index (χ0v) is 11.9. The molecule has 0 heterocycles. The quantitative estimate of drug-likeness (QED) is 0.756. The van der Waals surface area contributed by atoms with Crippen LogP contribution in [0, 0.1) is 0 Å². The standard InChI is InChI=1S/C16H13NO3S/c18-21(19,20)14-10-9-12-5-4-8-16(15(12)11-14)17-13-6-2-1-3-7-13/h1-11,17H,(H,18,19,20)/p+1. The molecule has 0 radical (unpaired) electrons. The first-order chi connectivity index (χ1) is 10.0. The molecule has 0 spiro atoms. The maximum Gasteiger partial charge on any atom is 0.409 e. The Hall–Kier alpha value is -2.37. The van der Waals surface area contributed by atoms with Gasteiger partial charge in [0.25, 0.3) is 0 Å². The summed E-state index contributed by atoms with van der Waals surface area (Å²) in [6, 6.07) is 20.0. The molecule has 3 rings (SSSR count). The van der Waals surface area contributed by atoms with E-state index in [4.69, 9.17) is 4.55 Å². The fraction of sp³-hybridized carbons (Fsp3) is 0. The third-order valence-electron chi connectivity index (χ3n) is 3.22. The average Bonchev–Trinajstić information content (AvgIpc) is 2.47. The van der Waals surface area contributed by atoms with E-state index in [-0.39, 0.29) is 4.90 Å². The van der Waals surface area contributed by atoms with Crippen molar-refractivity contribution in [3.05, 3.63) is 66.7 Å². The molecule has 0 aliphatic rings. The monoisotopic (exact) mass is 300 g/mol. The van der Waals surface area contributed by atoms with Gasteiger partial charge in [0.1, 0.15) is 4.90 Å². The van der Waals surface area contributed by atoms with E-state index >= 15 is 0 Å². The Kier molecular flexibility index (Phi) is 3.37. The lowest BCUT2D eigenvalue weighted by atomic mass is 10.1. The summed E-state index contributed by atoms with van der Waals surface area (Å²) in [5.74, 6) is 0. The summed E-state index contributed by atoms with van der Waals surface area (Å²) in [4.78, 5) is -0.00249. The topological polar surface area (TPSA) is 69.1 Å². The van der Waals surface area contributed by atoms with Crippen molar-refractivity contribution in [2.24, 2.45) is 0 Å². The highest BCUT2D eigenvalue weighted by Crippen LogP contribution is 2.28. The number of rotatable bonds is 3. The summed E-state index contributed by atoms with van der Waals surface area (Å²) in [6.45, 7) is 0. The predicted octanol–water partition coefficient (Wildman–Crippen LogP) is 3.00. The Bertz CT molecular complexity index is 890. The van der Waals surface area contributed by atoms with Gasteiger partial charge < -0.3 is 9.87 Å². The number of nitrogens with one attached hydrogen (secondary N) is 1. The predicted molar refractivity (Wildman–Crippen MR) is 84.5 cm³/mol. The van der Waals surface area contributed by atoms with Gasteiger partial charge in [-0.05, 0) is 35.7 Å². The lowest BCUT2D eigenvalue weighted by molar-refractivity contribution is 0.483. The summed E-state index contributed by atoms with van der Waals surface area (Å²) >= 11 is 0. The van der Waals surface area contributed by atoms with Gasteiger partial charge in [0.05, 0.1) is 0 Å². The van der Waals surface area contributed by atoms with Gasteiger partial charge in [-0.3, -0.25) is 0 Å². The minimum atomic E-state index is -3.96. The first-order valence-corrected chi connectivity index (χ1v) is 7.87. The van der Waals surface area contributed by atoms with Crippen molar-refractivity contribution in [2.45, 2.75) is 4.90 Å². The smallest absolute Gasteiger partial charge is 0.355 e. The van der Waals surface area contributed by atoms with E-state index in [1.54, 1.807) is 6.07 Å². The molecule has 0 aliphatic carbocycles. The SMILES string of the molecule is O=S(=O)([OH2+])c1ccc2cccc(Nc3ccccc3)c2c1. The molecule has 0 atom stereocenters. The van der Waals surface area contributed by atoms with Crippen LogP contribution in [0.4, 0.5) is 11.4 Å². The van der Waals surface area contributed by atoms with E-state index in [1.807, 2.05) is 48.5 Å². The van der Waals surface area contributed by atoms with Crippen LogP contribution >= 0.6 is 0 Å². The maximum absolute atomic E-state index is 11.4. The van der Waals surface area contributed by atoms with Crippen LogP contribution in [0.1, 0.15) is 0 Å². The van der Waals surface area contributed by atoms with Gasteiger partial charge in [-0.1, -0.05) is 36.4 Å². The van der Waals surface area contributed by atoms with Crippen molar-refractivity contribution in [2.75, 3.05) is 5.32 Å². The summed E-state index contributed by atoms with van der Waals surface area (Å²) in [6.07, 6.45) is 0. The highest BCUT2D eigenvalue weighted by molar-refractivity contribution is 7.85. The fourth-order valence-electron chi connectivity index (χ4n) is 2.20. The van der Waals surface area contributed by atoms with Crippen molar-refractivity contribution in [3.8, 4) is 0 Å². The Morgan fingerprint density at radius 3 is 2.33 bits per heavy atom. The van der Waals surface area contributed by atoms with Crippen molar-refractivity contribution in [1.82, 2.24) is 0 Å². The van der Waals surface area contributed by atoms with E-state index in [0.29, 0.717) is 0 Å². The van der Waals surface area contributed by atoms with Gasteiger partial charge in [-0.25, -0.2) is 0 Å².